The Morgan fingerprint density at radius 1 is 0.814 bits per heavy atom. The second-order valence-electron chi connectivity index (χ2n) is 10.4. The molecule has 8 nitrogen and oxygen atoms in total. The summed E-state index contributed by atoms with van der Waals surface area (Å²) in [5.41, 5.74) is 3.99. The van der Waals surface area contributed by atoms with Crippen LogP contribution in [0.4, 0.5) is 5.69 Å². The summed E-state index contributed by atoms with van der Waals surface area (Å²) < 4.78 is 34.4. The highest BCUT2D eigenvalue weighted by molar-refractivity contribution is 7.92. The zero-order valence-electron chi connectivity index (χ0n) is 24.9. The molecule has 0 fully saturated rings. The van der Waals surface area contributed by atoms with Crippen LogP contribution < -0.4 is 14.4 Å². The number of hydrogen-bond donors (Lipinski definition) is 1. The number of hydrogen-bond acceptors (Lipinski definition) is 5. The SMILES string of the molecule is CNC(=O)C(Cc1ccccc1)N(Cc1cccc(C)c1)C(=O)CN(c1ccc(C)cc1)S(=O)(=O)c1ccc(OC)cc1. The summed E-state index contributed by atoms with van der Waals surface area (Å²) in [6, 6.07) is 29.2. The van der Waals surface area contributed by atoms with E-state index in [1.165, 1.54) is 31.2 Å². The molecule has 0 spiro atoms. The van der Waals surface area contributed by atoms with Crippen LogP contribution in [0, 0.1) is 13.8 Å². The van der Waals surface area contributed by atoms with Gasteiger partial charge in [0.1, 0.15) is 18.3 Å². The Labute approximate surface area is 254 Å². The van der Waals surface area contributed by atoms with Crippen molar-refractivity contribution in [2.45, 2.75) is 37.8 Å². The molecule has 0 saturated heterocycles. The minimum absolute atomic E-state index is 0.0130. The van der Waals surface area contributed by atoms with Gasteiger partial charge in [0.15, 0.2) is 0 Å². The molecule has 0 saturated carbocycles. The first-order valence-electron chi connectivity index (χ1n) is 14.0. The van der Waals surface area contributed by atoms with Gasteiger partial charge in [0.25, 0.3) is 10.0 Å². The molecule has 1 unspecified atom stereocenters. The van der Waals surface area contributed by atoms with Crippen molar-refractivity contribution < 1.29 is 22.7 Å². The number of ether oxygens (including phenoxy) is 1. The van der Waals surface area contributed by atoms with Crippen LogP contribution >= 0.6 is 0 Å². The minimum Gasteiger partial charge on any atom is -0.497 e. The summed E-state index contributed by atoms with van der Waals surface area (Å²) in [6.45, 7) is 3.47. The Balaban J connectivity index is 1.78. The number of sulfonamides is 1. The molecule has 0 bridgehead atoms. The average molecular weight is 600 g/mol. The Kier molecular flexibility index (Phi) is 10.2. The zero-order valence-corrected chi connectivity index (χ0v) is 25.7. The summed E-state index contributed by atoms with van der Waals surface area (Å²) in [5, 5.41) is 2.70. The summed E-state index contributed by atoms with van der Waals surface area (Å²) in [6.07, 6.45) is 0.258. The van der Waals surface area contributed by atoms with Gasteiger partial charge in [0.05, 0.1) is 17.7 Å². The lowest BCUT2D eigenvalue weighted by molar-refractivity contribution is -0.139. The number of likely N-dealkylation sites (N-methyl/N-ethyl adjacent to an activating group) is 1. The van der Waals surface area contributed by atoms with E-state index in [2.05, 4.69) is 5.32 Å². The predicted molar refractivity (Wildman–Crippen MR) is 168 cm³/mol. The molecule has 4 rings (SSSR count). The number of nitrogens with one attached hydrogen (secondary N) is 1. The van der Waals surface area contributed by atoms with Crippen LogP contribution in [-0.4, -0.2) is 51.9 Å². The van der Waals surface area contributed by atoms with E-state index in [0.717, 1.165) is 26.6 Å². The highest BCUT2D eigenvalue weighted by Crippen LogP contribution is 2.27. The lowest BCUT2D eigenvalue weighted by Gasteiger charge is -2.33. The van der Waals surface area contributed by atoms with Crippen LogP contribution in [0.25, 0.3) is 0 Å². The fourth-order valence-electron chi connectivity index (χ4n) is 4.84. The summed E-state index contributed by atoms with van der Waals surface area (Å²) >= 11 is 0. The van der Waals surface area contributed by atoms with Gasteiger partial charge in [-0.15, -0.1) is 0 Å². The van der Waals surface area contributed by atoms with Gasteiger partial charge in [-0.2, -0.15) is 0 Å². The molecule has 9 heteroatoms. The molecule has 1 atom stereocenters. The highest BCUT2D eigenvalue weighted by atomic mass is 32.2. The van der Waals surface area contributed by atoms with Gasteiger partial charge >= 0.3 is 0 Å². The summed E-state index contributed by atoms with van der Waals surface area (Å²) in [5.74, 6) is -0.343. The van der Waals surface area contributed by atoms with Gasteiger partial charge in [0.2, 0.25) is 11.8 Å². The number of nitrogens with zero attached hydrogens (tertiary/aromatic N) is 2. The van der Waals surface area contributed by atoms with Crippen molar-refractivity contribution in [1.29, 1.82) is 0 Å². The van der Waals surface area contributed by atoms with Crippen molar-refractivity contribution in [2.24, 2.45) is 0 Å². The molecule has 0 heterocycles. The van der Waals surface area contributed by atoms with E-state index >= 15 is 0 Å². The predicted octanol–water partition coefficient (Wildman–Crippen LogP) is 4.89. The molecule has 43 heavy (non-hydrogen) atoms. The van der Waals surface area contributed by atoms with Crippen molar-refractivity contribution in [3.05, 3.63) is 125 Å². The molecule has 0 aromatic heterocycles. The minimum atomic E-state index is -4.18. The van der Waals surface area contributed by atoms with Crippen LogP contribution in [0.1, 0.15) is 22.3 Å². The van der Waals surface area contributed by atoms with Crippen molar-refractivity contribution in [3.63, 3.8) is 0 Å². The second-order valence-corrected chi connectivity index (χ2v) is 12.2. The van der Waals surface area contributed by atoms with E-state index in [-0.39, 0.29) is 23.8 Å². The van der Waals surface area contributed by atoms with Crippen LogP contribution in [0.2, 0.25) is 0 Å². The molecule has 0 aliphatic heterocycles. The maximum absolute atomic E-state index is 14.3. The summed E-state index contributed by atoms with van der Waals surface area (Å²) in [7, 11) is -1.15. The van der Waals surface area contributed by atoms with Gasteiger partial charge in [-0.05, 0) is 61.4 Å². The van der Waals surface area contributed by atoms with Gasteiger partial charge in [-0.25, -0.2) is 8.42 Å². The molecular formula is C34H37N3O5S. The second kappa shape index (κ2) is 14.0. The molecule has 4 aromatic carbocycles. The molecule has 0 aliphatic carbocycles. The van der Waals surface area contributed by atoms with Crippen LogP contribution in [-0.2, 0) is 32.6 Å². The lowest BCUT2D eigenvalue weighted by atomic mass is 10.0. The maximum atomic E-state index is 14.3. The maximum Gasteiger partial charge on any atom is 0.264 e. The van der Waals surface area contributed by atoms with Crippen LogP contribution in [0.15, 0.2) is 108 Å². The van der Waals surface area contributed by atoms with Crippen molar-refractivity contribution in [2.75, 3.05) is 25.0 Å². The van der Waals surface area contributed by atoms with E-state index in [9.17, 15) is 18.0 Å². The van der Waals surface area contributed by atoms with Gasteiger partial charge < -0.3 is 15.0 Å². The monoisotopic (exact) mass is 599 g/mol. The number of anilines is 1. The van der Waals surface area contributed by atoms with E-state index in [4.69, 9.17) is 4.74 Å². The number of benzene rings is 4. The van der Waals surface area contributed by atoms with E-state index in [0.29, 0.717) is 11.4 Å². The Hall–Kier alpha value is -4.63. The molecule has 4 aromatic rings. The third-order valence-electron chi connectivity index (χ3n) is 7.20. The first-order chi connectivity index (χ1) is 20.6. The normalized spacial score (nSPS) is 11.8. The number of carbonyl (C=O) groups excluding carboxylic acids is 2. The molecule has 1 N–H and O–H groups in total. The number of carbonyl (C=O) groups is 2. The zero-order chi connectivity index (χ0) is 31.0. The Bertz CT molecular complexity index is 1640. The number of methoxy groups -OCH3 is 1. The molecule has 0 radical (unpaired) electrons. The van der Waals surface area contributed by atoms with Gasteiger partial charge in [0, 0.05) is 20.0 Å². The van der Waals surface area contributed by atoms with Crippen molar-refractivity contribution in [1.82, 2.24) is 10.2 Å². The number of aryl methyl sites for hydroxylation is 2. The average Bonchev–Trinajstić information content (AvgIpc) is 3.02. The fourth-order valence-corrected chi connectivity index (χ4v) is 6.26. The third kappa shape index (κ3) is 7.81. The summed E-state index contributed by atoms with van der Waals surface area (Å²) in [4.78, 5) is 29.2. The Morgan fingerprint density at radius 2 is 1.47 bits per heavy atom. The quantitative estimate of drug-likeness (QED) is 0.250. The largest absolute Gasteiger partial charge is 0.497 e. The first-order valence-corrected chi connectivity index (χ1v) is 15.4. The van der Waals surface area contributed by atoms with Gasteiger partial charge in [-0.3, -0.25) is 13.9 Å². The lowest BCUT2D eigenvalue weighted by Crippen LogP contribution is -2.53. The number of rotatable bonds is 12. The smallest absolute Gasteiger partial charge is 0.264 e. The molecule has 2 amide bonds. The van der Waals surface area contributed by atoms with Crippen molar-refractivity contribution in [3.8, 4) is 5.75 Å². The van der Waals surface area contributed by atoms with Crippen LogP contribution in [0.3, 0.4) is 0 Å². The van der Waals surface area contributed by atoms with E-state index in [1.807, 2.05) is 68.4 Å². The molecule has 224 valence electrons. The van der Waals surface area contributed by atoms with Crippen LogP contribution in [0.5, 0.6) is 5.75 Å². The van der Waals surface area contributed by atoms with E-state index in [1.54, 1.807) is 36.4 Å². The molecule has 0 aliphatic rings. The molecular weight excluding hydrogens is 562 g/mol. The van der Waals surface area contributed by atoms with Crippen molar-refractivity contribution >= 4 is 27.5 Å². The standard InChI is InChI=1S/C34H37N3O5S/c1-25-13-15-29(16-14-25)37(43(40,41)31-19-17-30(42-4)18-20-31)24-33(38)36(23-28-12-8-9-26(2)21-28)32(34(39)35-3)22-27-10-6-5-7-11-27/h5-21,32H,22-24H2,1-4H3,(H,35,39). The Morgan fingerprint density at radius 3 is 2.07 bits per heavy atom. The highest BCUT2D eigenvalue weighted by Gasteiger charge is 2.34. The fraction of sp³-hybridized carbons (Fsp3) is 0.235. The topological polar surface area (TPSA) is 96.0 Å². The number of amides is 2. The van der Waals surface area contributed by atoms with E-state index < -0.39 is 28.5 Å². The first kappa shape index (κ1) is 31.3. The van der Waals surface area contributed by atoms with Gasteiger partial charge in [-0.1, -0.05) is 77.9 Å². The third-order valence-corrected chi connectivity index (χ3v) is 8.99.